The smallest absolute Gasteiger partial charge is 0.249 e. The van der Waals surface area contributed by atoms with Gasteiger partial charge in [0.25, 0.3) is 0 Å². The lowest BCUT2D eigenvalue weighted by Gasteiger charge is -2.24. The van der Waals surface area contributed by atoms with Crippen LogP contribution in [0.25, 0.3) is 0 Å². The Morgan fingerprint density at radius 2 is 2.26 bits per heavy atom. The largest absolute Gasteiger partial charge is 0.370 e. The molecule has 2 atom stereocenters. The van der Waals surface area contributed by atoms with E-state index >= 15 is 0 Å². The van der Waals surface area contributed by atoms with Gasteiger partial charge in [-0.2, -0.15) is 0 Å². The fraction of sp³-hybridized carbons (Fsp3) is 0.500. The molecule has 1 aromatic rings. The molecule has 1 aromatic carbocycles. The van der Waals surface area contributed by atoms with Crippen molar-refractivity contribution >= 4 is 27.5 Å². The van der Waals surface area contributed by atoms with Crippen molar-refractivity contribution in [3.8, 4) is 0 Å². The van der Waals surface area contributed by atoms with Crippen molar-refractivity contribution in [1.29, 1.82) is 0 Å². The molecule has 0 radical (unpaired) electrons. The average molecular weight is 324 g/mol. The molecule has 5 heteroatoms. The van der Waals surface area contributed by atoms with Crippen molar-refractivity contribution in [3.05, 3.63) is 28.2 Å². The number of amides is 1. The number of rotatable bonds is 2. The molecule has 4 nitrogen and oxygen atoms in total. The van der Waals surface area contributed by atoms with E-state index in [2.05, 4.69) is 26.1 Å². The minimum Gasteiger partial charge on any atom is -0.370 e. The van der Waals surface area contributed by atoms with Crippen molar-refractivity contribution in [3.63, 3.8) is 0 Å². The van der Waals surface area contributed by atoms with E-state index < -0.39 is 5.91 Å². The highest BCUT2D eigenvalue weighted by Gasteiger charge is 2.34. The Bertz CT molecular complexity index is 491. The monoisotopic (exact) mass is 323 g/mol. The zero-order valence-corrected chi connectivity index (χ0v) is 12.3. The summed E-state index contributed by atoms with van der Waals surface area (Å²) in [6, 6.07) is 6.40. The van der Waals surface area contributed by atoms with Crippen molar-refractivity contribution < 1.29 is 4.79 Å². The van der Waals surface area contributed by atoms with Crippen molar-refractivity contribution in [2.75, 3.05) is 24.5 Å². The van der Waals surface area contributed by atoms with Crippen LogP contribution in [0.3, 0.4) is 0 Å². The van der Waals surface area contributed by atoms with Gasteiger partial charge in [0.15, 0.2) is 0 Å². The quantitative estimate of drug-likeness (QED) is 0.871. The minimum atomic E-state index is -0.393. The van der Waals surface area contributed by atoms with E-state index in [-0.39, 0.29) is 0 Å². The Morgan fingerprint density at radius 3 is 2.95 bits per heavy atom. The molecule has 0 saturated carbocycles. The number of fused-ring (bicyclic) bond motifs is 1. The SMILES string of the molecule is NC(=O)c1ccc(N2C[C@@H]3CCCN[C@@H]3C2)cc1Br. The van der Waals surface area contributed by atoms with Crippen LogP contribution in [0.2, 0.25) is 0 Å². The second kappa shape index (κ2) is 5.13. The summed E-state index contributed by atoms with van der Waals surface area (Å²) in [5, 5.41) is 3.60. The lowest BCUT2D eigenvalue weighted by molar-refractivity contribution is 0.0999. The van der Waals surface area contributed by atoms with Gasteiger partial charge in [0, 0.05) is 29.3 Å². The van der Waals surface area contributed by atoms with Crippen LogP contribution < -0.4 is 16.0 Å². The number of primary amides is 1. The first-order chi connectivity index (χ1) is 9.15. The van der Waals surface area contributed by atoms with Crippen molar-refractivity contribution in [2.24, 2.45) is 11.7 Å². The molecule has 0 aromatic heterocycles. The topological polar surface area (TPSA) is 58.4 Å². The molecule has 0 bridgehead atoms. The van der Waals surface area contributed by atoms with Crippen LogP contribution in [0.15, 0.2) is 22.7 Å². The number of halogens is 1. The van der Waals surface area contributed by atoms with Gasteiger partial charge >= 0.3 is 0 Å². The first-order valence-corrected chi connectivity index (χ1v) is 7.52. The maximum atomic E-state index is 11.2. The predicted molar refractivity (Wildman–Crippen MR) is 79.4 cm³/mol. The third kappa shape index (κ3) is 2.49. The van der Waals surface area contributed by atoms with E-state index in [9.17, 15) is 4.79 Å². The summed E-state index contributed by atoms with van der Waals surface area (Å²) in [7, 11) is 0. The summed E-state index contributed by atoms with van der Waals surface area (Å²) in [6.07, 6.45) is 2.59. The van der Waals surface area contributed by atoms with Crippen molar-refractivity contribution in [1.82, 2.24) is 5.32 Å². The molecular formula is C14H18BrN3O. The lowest BCUT2D eigenvalue weighted by atomic mass is 9.94. The number of hydrogen-bond donors (Lipinski definition) is 2. The van der Waals surface area contributed by atoms with Crippen LogP contribution in [0.4, 0.5) is 5.69 Å². The molecular weight excluding hydrogens is 306 g/mol. The average Bonchev–Trinajstić information content (AvgIpc) is 2.81. The Kier molecular flexibility index (Phi) is 3.50. The summed E-state index contributed by atoms with van der Waals surface area (Å²) in [6.45, 7) is 3.28. The predicted octanol–water partition coefficient (Wildman–Crippen LogP) is 1.74. The number of piperidine rings is 1. The lowest BCUT2D eigenvalue weighted by Crippen LogP contribution is -2.40. The summed E-state index contributed by atoms with van der Waals surface area (Å²) in [4.78, 5) is 13.6. The Hall–Kier alpha value is -1.07. The maximum Gasteiger partial charge on any atom is 0.249 e. The molecule has 3 N–H and O–H groups in total. The minimum absolute atomic E-state index is 0.393. The highest BCUT2D eigenvalue weighted by Crippen LogP contribution is 2.31. The van der Waals surface area contributed by atoms with E-state index in [0.29, 0.717) is 11.6 Å². The van der Waals surface area contributed by atoms with E-state index in [1.165, 1.54) is 12.8 Å². The Balaban J connectivity index is 1.80. The molecule has 0 unspecified atom stereocenters. The molecule has 3 rings (SSSR count). The number of nitrogens with one attached hydrogen (secondary N) is 1. The molecule has 19 heavy (non-hydrogen) atoms. The van der Waals surface area contributed by atoms with Gasteiger partial charge in [0.1, 0.15) is 0 Å². The van der Waals surface area contributed by atoms with Crippen LogP contribution in [-0.2, 0) is 0 Å². The van der Waals surface area contributed by atoms with Gasteiger partial charge in [-0.3, -0.25) is 4.79 Å². The molecule has 0 aliphatic carbocycles. The van der Waals surface area contributed by atoms with E-state index in [0.717, 1.165) is 35.7 Å². The third-order valence-corrected chi connectivity index (χ3v) is 4.84. The molecule has 2 saturated heterocycles. The van der Waals surface area contributed by atoms with Gasteiger partial charge in [-0.1, -0.05) is 0 Å². The number of carbonyl (C=O) groups excluding carboxylic acids is 1. The Labute approximate surface area is 121 Å². The van der Waals surface area contributed by atoms with Crippen LogP contribution in [-0.4, -0.2) is 31.6 Å². The van der Waals surface area contributed by atoms with Gasteiger partial charge < -0.3 is 16.0 Å². The molecule has 0 spiro atoms. The van der Waals surface area contributed by atoms with Gasteiger partial charge in [-0.25, -0.2) is 0 Å². The standard InChI is InChI=1S/C14H18BrN3O/c15-12-6-10(3-4-11(12)14(16)19)18-7-9-2-1-5-17-13(9)8-18/h3-4,6,9,13,17H,1-2,5,7-8H2,(H2,16,19)/t9-,13+/m0/s1. The fourth-order valence-corrected chi connectivity index (χ4v) is 3.72. The van der Waals surface area contributed by atoms with Crippen LogP contribution in [0.1, 0.15) is 23.2 Å². The first-order valence-electron chi connectivity index (χ1n) is 6.73. The van der Waals surface area contributed by atoms with E-state index in [1.807, 2.05) is 12.1 Å². The molecule has 2 fully saturated rings. The highest BCUT2D eigenvalue weighted by molar-refractivity contribution is 9.10. The molecule has 2 heterocycles. The fourth-order valence-electron chi connectivity index (χ4n) is 3.16. The normalized spacial score (nSPS) is 26.3. The number of nitrogens with two attached hydrogens (primary N) is 1. The summed E-state index contributed by atoms with van der Waals surface area (Å²) < 4.78 is 0.778. The van der Waals surface area contributed by atoms with Gasteiger partial charge in [0.05, 0.1) is 5.56 Å². The highest BCUT2D eigenvalue weighted by atomic mass is 79.9. The Morgan fingerprint density at radius 1 is 1.42 bits per heavy atom. The van der Waals surface area contributed by atoms with Crippen LogP contribution in [0.5, 0.6) is 0 Å². The van der Waals surface area contributed by atoms with Gasteiger partial charge in [-0.05, 0) is 59.4 Å². The molecule has 1 amide bonds. The van der Waals surface area contributed by atoms with Crippen molar-refractivity contribution in [2.45, 2.75) is 18.9 Å². The number of hydrogen-bond acceptors (Lipinski definition) is 3. The number of benzene rings is 1. The van der Waals surface area contributed by atoms with Gasteiger partial charge in [0.2, 0.25) is 5.91 Å². The van der Waals surface area contributed by atoms with E-state index in [4.69, 9.17) is 5.73 Å². The van der Waals surface area contributed by atoms with E-state index in [1.54, 1.807) is 6.07 Å². The third-order valence-electron chi connectivity index (χ3n) is 4.18. The van der Waals surface area contributed by atoms with Crippen LogP contribution >= 0.6 is 15.9 Å². The first kappa shape index (κ1) is 12.9. The summed E-state index contributed by atoms with van der Waals surface area (Å²) in [5.41, 5.74) is 7.02. The summed E-state index contributed by atoms with van der Waals surface area (Å²) in [5.74, 6) is 0.360. The number of carbonyl (C=O) groups is 1. The second-order valence-electron chi connectivity index (χ2n) is 5.40. The maximum absolute atomic E-state index is 11.2. The van der Waals surface area contributed by atoms with Crippen LogP contribution in [0, 0.1) is 5.92 Å². The number of anilines is 1. The summed E-state index contributed by atoms with van der Waals surface area (Å²) >= 11 is 3.43. The van der Waals surface area contributed by atoms with Gasteiger partial charge in [-0.15, -0.1) is 0 Å². The zero-order valence-electron chi connectivity index (χ0n) is 10.7. The molecule has 2 aliphatic heterocycles. The second-order valence-corrected chi connectivity index (χ2v) is 6.25. The molecule has 2 aliphatic rings. The molecule has 102 valence electrons. The zero-order chi connectivity index (χ0) is 13.4. The number of nitrogens with zero attached hydrogens (tertiary/aromatic N) is 1.